The minimum atomic E-state index is -0.528. The third-order valence-corrected chi connectivity index (χ3v) is 5.45. The molecule has 0 saturated heterocycles. The highest BCUT2D eigenvalue weighted by atomic mass is 19.1. The van der Waals surface area contributed by atoms with Crippen molar-refractivity contribution in [3.63, 3.8) is 0 Å². The summed E-state index contributed by atoms with van der Waals surface area (Å²) in [5.74, 6) is -0.415. The van der Waals surface area contributed by atoms with E-state index in [1.165, 1.54) is 24.6 Å². The average molecular weight is 370 g/mol. The van der Waals surface area contributed by atoms with E-state index in [0.29, 0.717) is 5.75 Å². The summed E-state index contributed by atoms with van der Waals surface area (Å²) in [6.45, 7) is 6.39. The summed E-state index contributed by atoms with van der Waals surface area (Å²) in [6, 6.07) is 13.0. The SMILES string of the molecule is CC(C)(C)C1(Oc2cc(C(=O)Oc3ccccc3)ccc2F)CCCCC1. The van der Waals surface area contributed by atoms with Crippen LogP contribution in [0.4, 0.5) is 4.39 Å². The smallest absolute Gasteiger partial charge is 0.343 e. The van der Waals surface area contributed by atoms with Crippen molar-refractivity contribution in [1.29, 1.82) is 0 Å². The lowest BCUT2D eigenvalue weighted by molar-refractivity contribution is -0.0637. The van der Waals surface area contributed by atoms with Crippen LogP contribution < -0.4 is 9.47 Å². The summed E-state index contributed by atoms with van der Waals surface area (Å²) < 4.78 is 26.2. The van der Waals surface area contributed by atoms with E-state index in [1.54, 1.807) is 24.3 Å². The quantitative estimate of drug-likeness (QED) is 0.477. The van der Waals surface area contributed by atoms with Crippen LogP contribution in [0, 0.1) is 11.2 Å². The molecule has 144 valence electrons. The highest BCUT2D eigenvalue weighted by Gasteiger charge is 2.45. The maximum atomic E-state index is 14.5. The van der Waals surface area contributed by atoms with Crippen LogP contribution in [0.25, 0.3) is 0 Å². The van der Waals surface area contributed by atoms with Gasteiger partial charge in [-0.05, 0) is 56.0 Å². The molecule has 3 rings (SSSR count). The zero-order valence-electron chi connectivity index (χ0n) is 16.3. The molecule has 1 aliphatic carbocycles. The molecule has 1 saturated carbocycles. The number of ether oxygens (including phenoxy) is 2. The summed E-state index contributed by atoms with van der Waals surface area (Å²) in [7, 11) is 0. The van der Waals surface area contributed by atoms with Crippen LogP contribution >= 0.6 is 0 Å². The van der Waals surface area contributed by atoms with Gasteiger partial charge < -0.3 is 9.47 Å². The summed E-state index contributed by atoms with van der Waals surface area (Å²) in [4.78, 5) is 12.4. The number of benzene rings is 2. The van der Waals surface area contributed by atoms with Crippen LogP contribution in [0.3, 0.4) is 0 Å². The van der Waals surface area contributed by atoms with Crippen LogP contribution in [0.15, 0.2) is 48.5 Å². The van der Waals surface area contributed by atoms with E-state index in [1.807, 2.05) is 6.07 Å². The lowest BCUT2D eigenvalue weighted by Crippen LogP contribution is -2.49. The van der Waals surface area contributed by atoms with Crippen LogP contribution in [-0.2, 0) is 0 Å². The van der Waals surface area contributed by atoms with Gasteiger partial charge in [-0.1, -0.05) is 45.4 Å². The number of carbonyl (C=O) groups is 1. The van der Waals surface area contributed by atoms with Gasteiger partial charge in [0.05, 0.1) is 5.56 Å². The Morgan fingerprint density at radius 1 is 1.00 bits per heavy atom. The molecule has 2 aromatic carbocycles. The lowest BCUT2D eigenvalue weighted by Gasteiger charge is -2.47. The lowest BCUT2D eigenvalue weighted by atomic mass is 9.68. The number of para-hydroxylation sites is 1. The zero-order chi connectivity index (χ0) is 19.5. The maximum absolute atomic E-state index is 14.5. The van der Waals surface area contributed by atoms with Gasteiger partial charge in [0.2, 0.25) is 0 Å². The van der Waals surface area contributed by atoms with Gasteiger partial charge in [-0.25, -0.2) is 9.18 Å². The van der Waals surface area contributed by atoms with E-state index >= 15 is 0 Å². The van der Waals surface area contributed by atoms with Gasteiger partial charge in [0.25, 0.3) is 0 Å². The Bertz CT molecular complexity index is 787. The Morgan fingerprint density at radius 3 is 2.30 bits per heavy atom. The molecule has 3 nitrogen and oxygen atoms in total. The molecule has 0 amide bonds. The fraction of sp³-hybridized carbons (Fsp3) is 0.435. The number of carbonyl (C=O) groups excluding carboxylic acids is 1. The first-order valence-electron chi connectivity index (χ1n) is 9.57. The molecule has 0 heterocycles. The van der Waals surface area contributed by atoms with Crippen molar-refractivity contribution in [3.8, 4) is 11.5 Å². The number of rotatable bonds is 4. The van der Waals surface area contributed by atoms with Crippen LogP contribution in [0.2, 0.25) is 0 Å². The number of halogens is 1. The first kappa shape index (κ1) is 19.4. The molecule has 4 heteroatoms. The van der Waals surface area contributed by atoms with Gasteiger partial charge in [0, 0.05) is 5.41 Å². The Labute approximate surface area is 160 Å². The molecular weight excluding hydrogens is 343 g/mol. The number of esters is 1. The normalized spacial score (nSPS) is 16.6. The molecule has 0 bridgehead atoms. The highest BCUT2D eigenvalue weighted by Crippen LogP contribution is 2.45. The minimum Gasteiger partial charge on any atom is -0.484 e. The van der Waals surface area contributed by atoms with Crippen LogP contribution in [-0.4, -0.2) is 11.6 Å². The van der Waals surface area contributed by atoms with Crippen LogP contribution in [0.1, 0.15) is 63.2 Å². The monoisotopic (exact) mass is 370 g/mol. The third kappa shape index (κ3) is 4.32. The predicted molar refractivity (Wildman–Crippen MR) is 104 cm³/mol. The molecule has 27 heavy (non-hydrogen) atoms. The maximum Gasteiger partial charge on any atom is 0.343 e. The summed E-state index contributed by atoms with van der Waals surface area (Å²) in [6.07, 6.45) is 5.07. The molecule has 0 N–H and O–H groups in total. The van der Waals surface area contributed by atoms with Crippen molar-refractivity contribution in [2.24, 2.45) is 5.41 Å². The van der Waals surface area contributed by atoms with Gasteiger partial charge in [0.1, 0.15) is 11.4 Å². The van der Waals surface area contributed by atoms with E-state index in [-0.39, 0.29) is 16.7 Å². The van der Waals surface area contributed by atoms with E-state index in [9.17, 15) is 9.18 Å². The van der Waals surface area contributed by atoms with Crippen molar-refractivity contribution >= 4 is 5.97 Å². The van der Waals surface area contributed by atoms with E-state index in [0.717, 1.165) is 25.7 Å². The van der Waals surface area contributed by atoms with Gasteiger partial charge in [-0.15, -0.1) is 0 Å². The molecule has 0 aliphatic heterocycles. The third-order valence-electron chi connectivity index (χ3n) is 5.45. The highest BCUT2D eigenvalue weighted by molar-refractivity contribution is 5.91. The second-order valence-corrected chi connectivity index (χ2v) is 8.25. The number of hydrogen-bond acceptors (Lipinski definition) is 3. The Kier molecular flexibility index (Phi) is 5.54. The Hall–Kier alpha value is -2.36. The van der Waals surface area contributed by atoms with Crippen molar-refractivity contribution in [3.05, 3.63) is 59.9 Å². The van der Waals surface area contributed by atoms with Crippen molar-refractivity contribution < 1.29 is 18.7 Å². The van der Waals surface area contributed by atoms with Crippen molar-refractivity contribution in [2.45, 2.75) is 58.5 Å². The summed E-state index contributed by atoms with van der Waals surface area (Å²) >= 11 is 0. The molecular formula is C23H27FO3. The second-order valence-electron chi connectivity index (χ2n) is 8.25. The van der Waals surface area contributed by atoms with Crippen molar-refractivity contribution in [1.82, 2.24) is 0 Å². The van der Waals surface area contributed by atoms with Gasteiger partial charge >= 0.3 is 5.97 Å². The molecule has 1 fully saturated rings. The summed E-state index contributed by atoms with van der Waals surface area (Å²) in [5.41, 5.74) is -0.302. The minimum absolute atomic E-state index is 0.120. The molecule has 1 aliphatic rings. The topological polar surface area (TPSA) is 35.5 Å². The van der Waals surface area contributed by atoms with E-state index in [2.05, 4.69) is 20.8 Å². The fourth-order valence-electron chi connectivity index (χ4n) is 3.70. The first-order valence-corrected chi connectivity index (χ1v) is 9.57. The van der Waals surface area contributed by atoms with Crippen LogP contribution in [0.5, 0.6) is 11.5 Å². The molecule has 0 unspecified atom stereocenters. The molecule has 0 atom stereocenters. The molecule has 2 aromatic rings. The Balaban J connectivity index is 1.85. The molecule has 0 aromatic heterocycles. The zero-order valence-corrected chi connectivity index (χ0v) is 16.3. The van der Waals surface area contributed by atoms with Crippen molar-refractivity contribution in [2.75, 3.05) is 0 Å². The van der Waals surface area contributed by atoms with E-state index < -0.39 is 17.4 Å². The van der Waals surface area contributed by atoms with Gasteiger partial charge in [-0.2, -0.15) is 0 Å². The largest absolute Gasteiger partial charge is 0.484 e. The molecule has 0 radical (unpaired) electrons. The van der Waals surface area contributed by atoms with Gasteiger partial charge in [0.15, 0.2) is 11.6 Å². The second kappa shape index (κ2) is 7.71. The predicted octanol–water partition coefficient (Wildman–Crippen LogP) is 6.17. The van der Waals surface area contributed by atoms with E-state index in [4.69, 9.17) is 9.47 Å². The number of hydrogen-bond donors (Lipinski definition) is 0. The summed E-state index contributed by atoms with van der Waals surface area (Å²) in [5, 5.41) is 0. The standard InChI is InChI=1S/C23H27FO3/c1-22(2,3)23(14-8-5-9-15-23)27-20-16-17(12-13-19(20)24)21(25)26-18-10-6-4-7-11-18/h4,6-7,10-13,16H,5,8-9,14-15H2,1-3H3. The first-order chi connectivity index (χ1) is 12.8. The Morgan fingerprint density at radius 2 is 1.67 bits per heavy atom. The average Bonchev–Trinajstić information content (AvgIpc) is 2.64. The fourth-order valence-corrected chi connectivity index (χ4v) is 3.70. The molecule has 0 spiro atoms. The van der Waals surface area contributed by atoms with Gasteiger partial charge in [-0.3, -0.25) is 0 Å².